The fourth-order valence-corrected chi connectivity index (χ4v) is 11.8. The van der Waals surface area contributed by atoms with Crippen molar-refractivity contribution in [2.75, 3.05) is 6.16 Å². The second kappa shape index (κ2) is 10.9. The summed E-state index contributed by atoms with van der Waals surface area (Å²) in [5.41, 5.74) is 3.70. The molecule has 0 nitrogen and oxygen atoms in total. The van der Waals surface area contributed by atoms with Gasteiger partial charge in [-0.25, -0.2) is 0 Å². The third kappa shape index (κ3) is 5.20. The largest absolute Gasteiger partial charge is 0.154 e. The van der Waals surface area contributed by atoms with Gasteiger partial charge in [-0.15, -0.1) is 0 Å². The van der Waals surface area contributed by atoms with E-state index in [-0.39, 0.29) is 7.92 Å². The maximum atomic E-state index is 2.54. The average molecular weight is 463 g/mol. The van der Waals surface area contributed by atoms with Crippen LogP contribution in [-0.4, -0.2) is 22.7 Å². The van der Waals surface area contributed by atoms with Gasteiger partial charge in [0.2, 0.25) is 0 Å². The van der Waals surface area contributed by atoms with Crippen LogP contribution in [0, 0.1) is 0 Å². The standard InChI is InChI=1S/C30H39PS/c1-23(21-31(26-14-4-2-5-15-26)27-16-6-3-7-17-27)32-22-30-28-18-10-8-12-24(28)20-25-13-9-11-19-29(25)30/h8-13,18-20,23,26-27H,2-7,14-17,21-22H2,1H3. The topological polar surface area (TPSA) is 0 Å². The molecule has 170 valence electrons. The summed E-state index contributed by atoms with van der Waals surface area (Å²) in [6, 6.07) is 20.4. The third-order valence-corrected chi connectivity index (χ3v) is 13.3. The molecule has 0 amide bonds. The Hall–Kier alpha value is -1.04. The highest BCUT2D eigenvalue weighted by Gasteiger charge is 2.32. The first kappa shape index (κ1) is 22.7. The molecule has 0 bridgehead atoms. The SMILES string of the molecule is CC(CP(C1CCCCC1)C1CCCCC1)SCc1c2ccccc2cc2ccccc12. The first-order valence-electron chi connectivity index (χ1n) is 13.1. The van der Waals surface area contributed by atoms with E-state index in [2.05, 4.69) is 73.3 Å². The van der Waals surface area contributed by atoms with Crippen molar-refractivity contribution in [3.8, 4) is 0 Å². The molecule has 0 aromatic heterocycles. The lowest BCUT2D eigenvalue weighted by molar-refractivity contribution is 0.484. The van der Waals surface area contributed by atoms with Gasteiger partial charge in [-0.2, -0.15) is 11.8 Å². The normalized spacial score (nSPS) is 19.7. The van der Waals surface area contributed by atoms with Crippen LogP contribution in [0.5, 0.6) is 0 Å². The molecule has 0 radical (unpaired) electrons. The van der Waals surface area contributed by atoms with E-state index in [0.29, 0.717) is 0 Å². The van der Waals surface area contributed by atoms with E-state index in [1.807, 2.05) is 0 Å². The van der Waals surface area contributed by atoms with E-state index in [1.54, 1.807) is 5.56 Å². The zero-order valence-corrected chi connectivity index (χ0v) is 21.5. The van der Waals surface area contributed by atoms with E-state index in [0.717, 1.165) is 22.3 Å². The van der Waals surface area contributed by atoms with Crippen LogP contribution in [0.15, 0.2) is 54.6 Å². The summed E-state index contributed by atoms with van der Waals surface area (Å²) < 4.78 is 0. The molecule has 0 heterocycles. The van der Waals surface area contributed by atoms with Gasteiger partial charge in [0.1, 0.15) is 0 Å². The van der Waals surface area contributed by atoms with E-state index >= 15 is 0 Å². The molecule has 32 heavy (non-hydrogen) atoms. The van der Waals surface area contributed by atoms with Gasteiger partial charge in [-0.05, 0) is 76.3 Å². The summed E-state index contributed by atoms with van der Waals surface area (Å²) in [7, 11) is 0.193. The molecule has 3 aromatic carbocycles. The number of rotatable bonds is 7. The fourth-order valence-electron chi connectivity index (χ4n) is 6.26. The molecule has 1 atom stereocenters. The molecule has 2 heteroatoms. The highest BCUT2D eigenvalue weighted by Crippen LogP contribution is 2.56. The van der Waals surface area contributed by atoms with Gasteiger partial charge in [0.25, 0.3) is 0 Å². The quantitative estimate of drug-likeness (QED) is 0.249. The molecule has 5 rings (SSSR count). The molecule has 2 fully saturated rings. The van der Waals surface area contributed by atoms with E-state index < -0.39 is 0 Å². The van der Waals surface area contributed by atoms with Gasteiger partial charge in [-0.1, -0.05) is 102 Å². The molecule has 2 aliphatic rings. The second-order valence-corrected chi connectivity index (χ2v) is 14.5. The Morgan fingerprint density at radius 1 is 0.750 bits per heavy atom. The Morgan fingerprint density at radius 3 is 1.78 bits per heavy atom. The van der Waals surface area contributed by atoms with Gasteiger partial charge in [-0.3, -0.25) is 0 Å². The molecule has 0 aliphatic heterocycles. The lowest BCUT2D eigenvalue weighted by Crippen LogP contribution is -2.24. The summed E-state index contributed by atoms with van der Waals surface area (Å²) in [6.07, 6.45) is 16.6. The van der Waals surface area contributed by atoms with Crippen LogP contribution < -0.4 is 0 Å². The number of benzene rings is 3. The Kier molecular flexibility index (Phi) is 7.76. The van der Waals surface area contributed by atoms with Crippen LogP contribution in [0.4, 0.5) is 0 Å². The van der Waals surface area contributed by atoms with Crippen molar-refractivity contribution in [2.24, 2.45) is 0 Å². The lowest BCUT2D eigenvalue weighted by Gasteiger charge is -2.39. The minimum atomic E-state index is 0.193. The summed E-state index contributed by atoms with van der Waals surface area (Å²) in [6.45, 7) is 2.54. The molecule has 0 N–H and O–H groups in total. The smallest absolute Gasteiger partial charge is 0.0199 e. The highest BCUT2D eigenvalue weighted by atomic mass is 32.2. The Balaban J connectivity index is 1.34. The van der Waals surface area contributed by atoms with Crippen LogP contribution in [-0.2, 0) is 5.75 Å². The lowest BCUT2D eigenvalue weighted by atomic mass is 9.98. The van der Waals surface area contributed by atoms with Gasteiger partial charge >= 0.3 is 0 Å². The van der Waals surface area contributed by atoms with Crippen molar-refractivity contribution in [2.45, 2.75) is 93.5 Å². The van der Waals surface area contributed by atoms with E-state index in [1.165, 1.54) is 91.9 Å². The molecule has 2 saturated carbocycles. The van der Waals surface area contributed by atoms with Crippen molar-refractivity contribution in [3.05, 3.63) is 60.2 Å². The number of hydrogen-bond acceptors (Lipinski definition) is 1. The van der Waals surface area contributed by atoms with Gasteiger partial charge in [0, 0.05) is 11.0 Å². The van der Waals surface area contributed by atoms with E-state index in [4.69, 9.17) is 0 Å². The van der Waals surface area contributed by atoms with Gasteiger partial charge in [0.15, 0.2) is 0 Å². The van der Waals surface area contributed by atoms with Crippen molar-refractivity contribution < 1.29 is 0 Å². The minimum Gasteiger partial charge on any atom is -0.154 e. The number of thioether (sulfide) groups is 1. The maximum absolute atomic E-state index is 2.54. The van der Waals surface area contributed by atoms with Crippen LogP contribution in [0.2, 0.25) is 0 Å². The first-order chi connectivity index (χ1) is 15.8. The molecule has 2 aliphatic carbocycles. The van der Waals surface area contributed by atoms with Crippen molar-refractivity contribution in [1.82, 2.24) is 0 Å². The molecule has 3 aromatic rings. The van der Waals surface area contributed by atoms with Crippen molar-refractivity contribution >= 4 is 41.2 Å². The molecule has 0 saturated heterocycles. The molecular weight excluding hydrogens is 423 g/mol. The van der Waals surface area contributed by atoms with Crippen molar-refractivity contribution in [3.63, 3.8) is 0 Å². The number of hydrogen-bond donors (Lipinski definition) is 0. The second-order valence-electron chi connectivity index (χ2n) is 10.2. The van der Waals surface area contributed by atoms with Crippen LogP contribution in [0.3, 0.4) is 0 Å². The Labute approximate surface area is 200 Å². The Bertz CT molecular complexity index is 944. The average Bonchev–Trinajstić information content (AvgIpc) is 2.86. The zero-order chi connectivity index (χ0) is 21.8. The summed E-state index contributed by atoms with van der Waals surface area (Å²) in [5.74, 6) is 1.14. The van der Waals surface area contributed by atoms with E-state index in [9.17, 15) is 0 Å². The fraction of sp³-hybridized carbons (Fsp3) is 0.533. The predicted octanol–water partition coefficient (Wildman–Crippen LogP) is 9.76. The summed E-state index contributed by atoms with van der Waals surface area (Å²) in [4.78, 5) is 0. The maximum Gasteiger partial charge on any atom is 0.0199 e. The third-order valence-electron chi connectivity index (χ3n) is 7.95. The van der Waals surface area contributed by atoms with Crippen LogP contribution in [0.25, 0.3) is 21.5 Å². The summed E-state index contributed by atoms with van der Waals surface area (Å²) in [5, 5.41) is 6.45. The predicted molar refractivity (Wildman–Crippen MR) is 148 cm³/mol. The molecule has 0 spiro atoms. The minimum absolute atomic E-state index is 0.193. The van der Waals surface area contributed by atoms with Crippen LogP contribution in [0.1, 0.15) is 76.7 Å². The first-order valence-corrected chi connectivity index (χ1v) is 15.8. The number of fused-ring (bicyclic) bond motifs is 2. The zero-order valence-electron chi connectivity index (χ0n) is 19.8. The summed E-state index contributed by atoms with van der Waals surface area (Å²) >= 11 is 2.23. The van der Waals surface area contributed by atoms with Gasteiger partial charge < -0.3 is 0 Å². The Morgan fingerprint density at radius 2 is 1.25 bits per heavy atom. The molecule has 1 unspecified atom stereocenters. The van der Waals surface area contributed by atoms with Crippen LogP contribution >= 0.6 is 19.7 Å². The van der Waals surface area contributed by atoms with Gasteiger partial charge in [0.05, 0.1) is 0 Å². The highest BCUT2D eigenvalue weighted by molar-refractivity contribution is 7.99. The molecular formula is C30H39PS. The van der Waals surface area contributed by atoms with Crippen molar-refractivity contribution in [1.29, 1.82) is 0 Å². The monoisotopic (exact) mass is 462 g/mol.